The summed E-state index contributed by atoms with van der Waals surface area (Å²) < 4.78 is 27.9. The van der Waals surface area contributed by atoms with Crippen molar-refractivity contribution in [1.29, 1.82) is 0 Å². The summed E-state index contributed by atoms with van der Waals surface area (Å²) in [5, 5.41) is 3.04. The van der Waals surface area contributed by atoms with Crippen LogP contribution in [-0.2, 0) is 19.4 Å². The average Bonchev–Trinajstić information content (AvgIpc) is 2.38. The maximum absolute atomic E-state index is 12.0. The Morgan fingerprint density at radius 2 is 1.81 bits per heavy atom. The highest BCUT2D eigenvalue weighted by Crippen LogP contribution is 2.29. The predicted molar refractivity (Wildman–Crippen MR) is 80.9 cm³/mol. The van der Waals surface area contributed by atoms with Crippen LogP contribution in [0.4, 0.5) is 0 Å². The molecular weight excluding hydrogens is 292 g/mol. The molecule has 1 heterocycles. The van der Waals surface area contributed by atoms with Crippen LogP contribution in [-0.4, -0.2) is 69.6 Å². The molecule has 1 aliphatic heterocycles. The minimum absolute atomic E-state index is 0.267. The predicted octanol–water partition coefficient (Wildman–Crippen LogP) is 0.182. The van der Waals surface area contributed by atoms with E-state index in [1.54, 1.807) is 0 Å². The van der Waals surface area contributed by atoms with E-state index in [1.807, 2.05) is 0 Å². The zero-order chi connectivity index (χ0) is 15.3. The van der Waals surface area contributed by atoms with Gasteiger partial charge in [-0.25, -0.2) is 8.42 Å². The number of hydrogen-bond acceptors (Lipinski definition) is 5. The molecule has 122 valence electrons. The van der Waals surface area contributed by atoms with E-state index in [2.05, 4.69) is 10.2 Å². The zero-order valence-corrected chi connectivity index (χ0v) is 13.6. The zero-order valence-electron chi connectivity index (χ0n) is 12.8. The van der Waals surface area contributed by atoms with Crippen molar-refractivity contribution >= 4 is 15.7 Å². The number of carbonyl (C=O) groups is 1. The molecule has 0 spiro atoms. The van der Waals surface area contributed by atoms with E-state index in [0.29, 0.717) is 0 Å². The number of rotatable bonds is 5. The topological polar surface area (TPSA) is 75.7 Å². The molecule has 0 radical (unpaired) electrons. The van der Waals surface area contributed by atoms with Crippen LogP contribution in [0, 0.1) is 0 Å². The molecule has 2 aliphatic rings. The highest BCUT2D eigenvalue weighted by molar-refractivity contribution is 7.91. The SMILES string of the molecule is CS(=O)(=O)CC(=O)NC1(CN2CCOCC2)CCCCC1. The van der Waals surface area contributed by atoms with Crippen molar-refractivity contribution in [3.63, 3.8) is 0 Å². The minimum Gasteiger partial charge on any atom is -0.379 e. The maximum Gasteiger partial charge on any atom is 0.235 e. The van der Waals surface area contributed by atoms with E-state index in [1.165, 1.54) is 6.42 Å². The molecule has 21 heavy (non-hydrogen) atoms. The first-order chi connectivity index (χ1) is 9.89. The van der Waals surface area contributed by atoms with E-state index in [9.17, 15) is 13.2 Å². The van der Waals surface area contributed by atoms with Gasteiger partial charge in [-0.05, 0) is 12.8 Å². The van der Waals surface area contributed by atoms with E-state index in [-0.39, 0.29) is 11.4 Å². The third kappa shape index (κ3) is 5.56. The summed E-state index contributed by atoms with van der Waals surface area (Å²) in [6, 6.07) is 0. The molecule has 1 saturated heterocycles. The molecule has 1 N–H and O–H groups in total. The van der Waals surface area contributed by atoms with Crippen molar-refractivity contribution in [3.05, 3.63) is 0 Å². The molecule has 2 fully saturated rings. The summed E-state index contributed by atoms with van der Waals surface area (Å²) in [5.41, 5.74) is -0.267. The van der Waals surface area contributed by atoms with Gasteiger partial charge in [0, 0.05) is 25.9 Å². The van der Waals surface area contributed by atoms with Gasteiger partial charge in [-0.3, -0.25) is 9.69 Å². The van der Waals surface area contributed by atoms with Crippen LogP contribution in [0.1, 0.15) is 32.1 Å². The van der Waals surface area contributed by atoms with Gasteiger partial charge < -0.3 is 10.1 Å². The number of morpholine rings is 1. The number of ether oxygens (including phenoxy) is 1. The summed E-state index contributed by atoms with van der Waals surface area (Å²) in [6.45, 7) is 4.01. The van der Waals surface area contributed by atoms with Gasteiger partial charge in [-0.15, -0.1) is 0 Å². The van der Waals surface area contributed by atoms with Crippen molar-refractivity contribution in [2.45, 2.75) is 37.6 Å². The van der Waals surface area contributed by atoms with Gasteiger partial charge in [0.1, 0.15) is 5.75 Å². The number of nitrogens with one attached hydrogen (secondary N) is 1. The van der Waals surface area contributed by atoms with E-state index in [4.69, 9.17) is 4.74 Å². The van der Waals surface area contributed by atoms with Gasteiger partial charge in [-0.2, -0.15) is 0 Å². The Morgan fingerprint density at radius 1 is 1.19 bits per heavy atom. The second kappa shape index (κ2) is 7.07. The Kier molecular flexibility index (Phi) is 5.62. The van der Waals surface area contributed by atoms with Crippen LogP contribution in [0.15, 0.2) is 0 Å². The highest BCUT2D eigenvalue weighted by atomic mass is 32.2. The van der Waals surface area contributed by atoms with Crippen molar-refractivity contribution in [2.24, 2.45) is 0 Å². The quantitative estimate of drug-likeness (QED) is 0.783. The molecule has 1 aliphatic carbocycles. The standard InChI is InChI=1S/C14H26N2O4S/c1-21(18,19)11-13(17)15-14(5-3-2-4-6-14)12-16-7-9-20-10-8-16/h2-12H2,1H3,(H,15,17). The van der Waals surface area contributed by atoms with Gasteiger partial charge in [0.25, 0.3) is 0 Å². The minimum atomic E-state index is -3.28. The smallest absolute Gasteiger partial charge is 0.235 e. The average molecular weight is 318 g/mol. The number of hydrogen-bond donors (Lipinski definition) is 1. The third-order valence-electron chi connectivity index (χ3n) is 4.24. The number of nitrogens with zero attached hydrogens (tertiary/aromatic N) is 1. The summed E-state index contributed by atoms with van der Waals surface area (Å²) in [6.07, 6.45) is 6.32. The van der Waals surface area contributed by atoms with E-state index < -0.39 is 15.6 Å². The Balaban J connectivity index is 2.00. The number of carbonyl (C=O) groups excluding carboxylic acids is 1. The van der Waals surface area contributed by atoms with Crippen LogP contribution >= 0.6 is 0 Å². The van der Waals surface area contributed by atoms with Crippen molar-refractivity contribution < 1.29 is 17.9 Å². The lowest BCUT2D eigenvalue weighted by atomic mass is 9.81. The van der Waals surface area contributed by atoms with Gasteiger partial charge in [0.2, 0.25) is 5.91 Å². The molecule has 0 aromatic carbocycles. The highest BCUT2D eigenvalue weighted by Gasteiger charge is 2.36. The van der Waals surface area contributed by atoms with Crippen LogP contribution in [0.25, 0.3) is 0 Å². The molecule has 6 nitrogen and oxygen atoms in total. The van der Waals surface area contributed by atoms with Gasteiger partial charge in [-0.1, -0.05) is 19.3 Å². The van der Waals surface area contributed by atoms with Crippen molar-refractivity contribution in [2.75, 3.05) is 44.9 Å². The van der Waals surface area contributed by atoms with E-state index in [0.717, 1.165) is 64.8 Å². The largest absolute Gasteiger partial charge is 0.379 e. The molecule has 1 saturated carbocycles. The van der Waals surface area contributed by atoms with Crippen molar-refractivity contribution in [3.8, 4) is 0 Å². The maximum atomic E-state index is 12.0. The van der Waals surface area contributed by atoms with Crippen LogP contribution in [0.3, 0.4) is 0 Å². The molecular formula is C14H26N2O4S. The van der Waals surface area contributed by atoms with E-state index >= 15 is 0 Å². The normalized spacial score (nSPS) is 23.7. The molecule has 0 atom stereocenters. The Morgan fingerprint density at radius 3 is 2.38 bits per heavy atom. The molecule has 0 aromatic rings. The lowest BCUT2D eigenvalue weighted by molar-refractivity contribution is -0.121. The monoisotopic (exact) mass is 318 g/mol. The molecule has 1 amide bonds. The molecule has 2 rings (SSSR count). The number of sulfone groups is 1. The third-order valence-corrected chi connectivity index (χ3v) is 5.03. The Bertz CT molecular complexity index is 452. The second-order valence-corrected chi connectivity index (χ2v) is 8.49. The van der Waals surface area contributed by atoms with Gasteiger partial charge >= 0.3 is 0 Å². The summed E-state index contributed by atoms with van der Waals surface area (Å²) in [4.78, 5) is 14.4. The Labute approximate surface area is 127 Å². The molecule has 0 unspecified atom stereocenters. The first-order valence-corrected chi connectivity index (χ1v) is 9.74. The Hall–Kier alpha value is -0.660. The lowest BCUT2D eigenvalue weighted by Crippen LogP contribution is -2.58. The van der Waals surface area contributed by atoms with Crippen LogP contribution < -0.4 is 5.32 Å². The van der Waals surface area contributed by atoms with Crippen molar-refractivity contribution in [1.82, 2.24) is 10.2 Å². The fourth-order valence-electron chi connectivity index (χ4n) is 3.31. The lowest BCUT2D eigenvalue weighted by Gasteiger charge is -2.42. The summed E-state index contributed by atoms with van der Waals surface area (Å²) >= 11 is 0. The fourth-order valence-corrected chi connectivity index (χ4v) is 3.86. The summed E-state index contributed by atoms with van der Waals surface area (Å²) in [7, 11) is -3.28. The van der Waals surface area contributed by atoms with Crippen LogP contribution in [0.5, 0.6) is 0 Å². The van der Waals surface area contributed by atoms with Gasteiger partial charge in [0.15, 0.2) is 9.84 Å². The molecule has 0 bridgehead atoms. The van der Waals surface area contributed by atoms with Crippen LogP contribution in [0.2, 0.25) is 0 Å². The fraction of sp³-hybridized carbons (Fsp3) is 0.929. The molecule has 0 aromatic heterocycles. The number of amides is 1. The summed E-state index contributed by atoms with van der Waals surface area (Å²) in [5.74, 6) is -0.787. The second-order valence-electron chi connectivity index (χ2n) is 6.35. The first kappa shape index (κ1) is 16.7. The first-order valence-electron chi connectivity index (χ1n) is 7.67. The molecule has 7 heteroatoms. The van der Waals surface area contributed by atoms with Gasteiger partial charge in [0.05, 0.1) is 18.8 Å².